The molecule has 1 aromatic heterocycles. The number of hydrogen-bond acceptors (Lipinski definition) is 7. The van der Waals surface area contributed by atoms with Crippen molar-refractivity contribution in [2.24, 2.45) is 0 Å². The number of carbonyl (C=O) groups excluding carboxylic acids is 3. The van der Waals surface area contributed by atoms with Gasteiger partial charge in [0, 0.05) is 4.88 Å². The van der Waals surface area contributed by atoms with Gasteiger partial charge >= 0.3 is 18.1 Å². The standard InChI is InChI=1S/C20H20F3NO6S/c1-11-12(2)31-17(16(11)19(27)28-3)24-15(25)9-30-18(26)14-6-4-13(5-7-14)8-29-10-20(21,22)23/h4-7H,8-10H2,1-3H3,(H,24,25). The topological polar surface area (TPSA) is 90.9 Å². The molecule has 0 saturated heterocycles. The Kier molecular flexibility index (Phi) is 8.17. The van der Waals surface area contributed by atoms with Crippen molar-refractivity contribution in [1.29, 1.82) is 0 Å². The first-order valence-corrected chi connectivity index (χ1v) is 9.72. The summed E-state index contributed by atoms with van der Waals surface area (Å²) in [6.07, 6.45) is -4.41. The lowest BCUT2D eigenvalue weighted by Crippen LogP contribution is -2.21. The quantitative estimate of drug-likeness (QED) is 0.600. The first-order valence-electron chi connectivity index (χ1n) is 8.90. The van der Waals surface area contributed by atoms with Crippen LogP contribution >= 0.6 is 11.3 Å². The Bertz CT molecular complexity index is 953. The third kappa shape index (κ3) is 7.07. The number of alkyl halides is 3. The second kappa shape index (κ2) is 10.4. The summed E-state index contributed by atoms with van der Waals surface area (Å²) in [7, 11) is 1.23. The molecule has 0 aliphatic rings. The highest BCUT2D eigenvalue weighted by Crippen LogP contribution is 2.32. The predicted octanol–water partition coefficient (Wildman–Crippen LogP) is 4.03. The number of rotatable bonds is 8. The lowest BCUT2D eigenvalue weighted by Gasteiger charge is -2.09. The van der Waals surface area contributed by atoms with Gasteiger partial charge in [-0.05, 0) is 37.1 Å². The molecular formula is C20H20F3NO6S. The number of benzene rings is 1. The fraction of sp³-hybridized carbons (Fsp3) is 0.350. The van der Waals surface area contributed by atoms with E-state index in [9.17, 15) is 27.6 Å². The summed E-state index contributed by atoms with van der Waals surface area (Å²) < 4.78 is 50.4. The van der Waals surface area contributed by atoms with Crippen LogP contribution in [0, 0.1) is 13.8 Å². The highest BCUT2D eigenvalue weighted by Gasteiger charge is 2.27. The first-order chi connectivity index (χ1) is 14.5. The molecule has 1 heterocycles. The van der Waals surface area contributed by atoms with Crippen molar-refractivity contribution < 1.29 is 41.8 Å². The Labute approximate surface area is 180 Å². The number of aryl methyl sites for hydroxylation is 1. The Morgan fingerprint density at radius 3 is 2.29 bits per heavy atom. The molecule has 2 aromatic rings. The Morgan fingerprint density at radius 1 is 1.06 bits per heavy atom. The average Bonchev–Trinajstić information content (AvgIpc) is 2.98. The maximum Gasteiger partial charge on any atom is 0.411 e. The number of methoxy groups -OCH3 is 1. The van der Waals surface area contributed by atoms with E-state index in [1.165, 1.54) is 42.7 Å². The highest BCUT2D eigenvalue weighted by molar-refractivity contribution is 7.16. The first kappa shape index (κ1) is 24.4. The number of thiophene rings is 1. The molecule has 0 saturated carbocycles. The van der Waals surface area contributed by atoms with Gasteiger partial charge in [-0.3, -0.25) is 4.79 Å². The van der Waals surface area contributed by atoms with Crippen molar-refractivity contribution in [2.75, 3.05) is 25.6 Å². The molecule has 11 heteroatoms. The van der Waals surface area contributed by atoms with Gasteiger partial charge in [0.1, 0.15) is 11.6 Å². The summed E-state index contributed by atoms with van der Waals surface area (Å²) in [5.74, 6) is -2.02. The van der Waals surface area contributed by atoms with Gasteiger partial charge < -0.3 is 19.5 Å². The normalized spacial score (nSPS) is 11.2. The molecule has 1 N–H and O–H groups in total. The summed E-state index contributed by atoms with van der Waals surface area (Å²) >= 11 is 1.20. The molecule has 0 aliphatic heterocycles. The van der Waals surface area contributed by atoms with Gasteiger partial charge in [-0.2, -0.15) is 13.2 Å². The number of halogens is 3. The number of amides is 1. The zero-order valence-electron chi connectivity index (χ0n) is 16.9. The van der Waals surface area contributed by atoms with Crippen LogP contribution in [0.25, 0.3) is 0 Å². The van der Waals surface area contributed by atoms with E-state index in [2.05, 4.69) is 10.1 Å². The number of hydrogen-bond donors (Lipinski definition) is 1. The van der Waals surface area contributed by atoms with Crippen molar-refractivity contribution in [1.82, 2.24) is 0 Å². The molecule has 7 nitrogen and oxygen atoms in total. The third-order valence-corrected chi connectivity index (χ3v) is 5.21. The van der Waals surface area contributed by atoms with E-state index in [4.69, 9.17) is 9.47 Å². The van der Waals surface area contributed by atoms with Crippen LogP contribution in [0.15, 0.2) is 24.3 Å². The lowest BCUT2D eigenvalue weighted by atomic mass is 10.1. The molecule has 168 valence electrons. The van der Waals surface area contributed by atoms with Gasteiger partial charge in [-0.1, -0.05) is 12.1 Å². The third-order valence-electron chi connectivity index (χ3n) is 4.09. The molecule has 0 radical (unpaired) electrons. The zero-order chi connectivity index (χ0) is 23.2. The van der Waals surface area contributed by atoms with Gasteiger partial charge in [-0.15, -0.1) is 11.3 Å². The molecule has 1 amide bonds. The summed E-state index contributed by atoms with van der Waals surface area (Å²) in [6, 6.07) is 5.56. The van der Waals surface area contributed by atoms with E-state index in [1.54, 1.807) is 13.8 Å². The van der Waals surface area contributed by atoms with Crippen LogP contribution in [0.2, 0.25) is 0 Å². The highest BCUT2D eigenvalue weighted by atomic mass is 32.1. The number of ether oxygens (including phenoxy) is 3. The smallest absolute Gasteiger partial charge is 0.411 e. The average molecular weight is 459 g/mol. The van der Waals surface area contributed by atoms with E-state index in [-0.39, 0.29) is 17.7 Å². The van der Waals surface area contributed by atoms with Crippen LogP contribution in [0.1, 0.15) is 36.7 Å². The van der Waals surface area contributed by atoms with Gasteiger partial charge in [0.25, 0.3) is 5.91 Å². The summed E-state index contributed by atoms with van der Waals surface area (Å²) in [5, 5.41) is 2.83. The van der Waals surface area contributed by atoms with E-state index in [0.717, 1.165) is 4.88 Å². The van der Waals surface area contributed by atoms with Gasteiger partial charge in [0.2, 0.25) is 0 Å². The molecular weight excluding hydrogens is 439 g/mol. The monoisotopic (exact) mass is 459 g/mol. The maximum atomic E-state index is 12.1. The number of esters is 2. The van der Waals surface area contributed by atoms with Crippen LogP contribution < -0.4 is 5.32 Å². The Morgan fingerprint density at radius 2 is 1.71 bits per heavy atom. The van der Waals surface area contributed by atoms with Crippen molar-refractivity contribution in [3.63, 3.8) is 0 Å². The lowest BCUT2D eigenvalue weighted by molar-refractivity contribution is -0.176. The van der Waals surface area contributed by atoms with Crippen LogP contribution in [0.5, 0.6) is 0 Å². The molecule has 31 heavy (non-hydrogen) atoms. The zero-order valence-corrected chi connectivity index (χ0v) is 17.7. The molecule has 0 spiro atoms. The second-order valence-electron chi connectivity index (χ2n) is 6.41. The van der Waals surface area contributed by atoms with Crippen molar-refractivity contribution in [3.8, 4) is 0 Å². The van der Waals surface area contributed by atoms with E-state index in [1.807, 2.05) is 0 Å². The fourth-order valence-corrected chi connectivity index (χ4v) is 3.53. The Hall–Kier alpha value is -2.92. The minimum Gasteiger partial charge on any atom is -0.465 e. The largest absolute Gasteiger partial charge is 0.465 e. The fourth-order valence-electron chi connectivity index (χ4n) is 2.46. The summed E-state index contributed by atoms with van der Waals surface area (Å²) in [6.45, 7) is 1.30. The second-order valence-corrected chi connectivity index (χ2v) is 7.63. The minimum absolute atomic E-state index is 0.116. The minimum atomic E-state index is -4.41. The van der Waals surface area contributed by atoms with Gasteiger partial charge in [-0.25, -0.2) is 9.59 Å². The molecule has 0 unspecified atom stereocenters. The van der Waals surface area contributed by atoms with Crippen LogP contribution in [-0.4, -0.2) is 44.3 Å². The van der Waals surface area contributed by atoms with Crippen LogP contribution in [-0.2, 0) is 25.6 Å². The molecule has 0 bridgehead atoms. The number of nitrogens with one attached hydrogen (secondary N) is 1. The molecule has 0 aliphatic carbocycles. The van der Waals surface area contributed by atoms with Crippen LogP contribution in [0.4, 0.5) is 18.2 Å². The number of anilines is 1. The maximum absolute atomic E-state index is 12.1. The Balaban J connectivity index is 1.89. The number of carbonyl (C=O) groups is 3. The van der Waals surface area contributed by atoms with Crippen molar-refractivity contribution in [3.05, 3.63) is 51.4 Å². The van der Waals surface area contributed by atoms with Crippen molar-refractivity contribution >= 4 is 34.2 Å². The van der Waals surface area contributed by atoms with Crippen molar-refractivity contribution in [2.45, 2.75) is 26.6 Å². The predicted molar refractivity (Wildman–Crippen MR) is 106 cm³/mol. The molecule has 1 aromatic carbocycles. The summed E-state index contributed by atoms with van der Waals surface area (Å²) in [5.41, 5.74) is 1.49. The van der Waals surface area contributed by atoms with Gasteiger partial charge in [0.05, 0.1) is 24.8 Å². The molecule has 2 rings (SSSR count). The van der Waals surface area contributed by atoms with Crippen LogP contribution in [0.3, 0.4) is 0 Å². The molecule has 0 atom stereocenters. The van der Waals surface area contributed by atoms with E-state index >= 15 is 0 Å². The van der Waals surface area contributed by atoms with E-state index in [0.29, 0.717) is 16.1 Å². The SMILES string of the molecule is COC(=O)c1c(NC(=O)COC(=O)c2ccc(COCC(F)(F)F)cc2)sc(C)c1C. The molecule has 0 fully saturated rings. The van der Waals surface area contributed by atoms with E-state index < -0.39 is 37.2 Å². The van der Waals surface area contributed by atoms with Gasteiger partial charge in [0.15, 0.2) is 6.61 Å². The summed E-state index contributed by atoms with van der Waals surface area (Å²) in [4.78, 5) is 37.0.